The van der Waals surface area contributed by atoms with Crippen LogP contribution in [0.3, 0.4) is 0 Å². The Bertz CT molecular complexity index is 572. The Hall–Kier alpha value is -1.06. The van der Waals surface area contributed by atoms with Crippen LogP contribution in [0.25, 0.3) is 0 Å². The quantitative estimate of drug-likeness (QED) is 0.678. The first-order chi connectivity index (χ1) is 8.61. The highest BCUT2D eigenvalue weighted by atomic mass is 79.9. The van der Waals surface area contributed by atoms with Crippen molar-refractivity contribution in [3.63, 3.8) is 0 Å². The highest BCUT2D eigenvalue weighted by Gasteiger charge is 2.09. The van der Waals surface area contributed by atoms with Gasteiger partial charge < -0.3 is 4.74 Å². The van der Waals surface area contributed by atoms with Gasteiger partial charge in [-0.2, -0.15) is 0 Å². The van der Waals surface area contributed by atoms with Gasteiger partial charge in [0, 0.05) is 5.33 Å². The first-order valence-corrected chi connectivity index (χ1v) is 6.89. The molecule has 0 aromatic heterocycles. The second-order valence-corrected chi connectivity index (χ2v) is 4.84. The second kappa shape index (κ2) is 5.72. The highest BCUT2D eigenvalue weighted by molar-refractivity contribution is 9.08. The van der Waals surface area contributed by atoms with E-state index < -0.39 is 5.82 Å². The Labute approximate surface area is 119 Å². The monoisotopic (exact) mass is 328 g/mol. The molecule has 0 amide bonds. The van der Waals surface area contributed by atoms with Crippen molar-refractivity contribution >= 4 is 27.5 Å². The van der Waals surface area contributed by atoms with Crippen LogP contribution in [0.2, 0.25) is 5.02 Å². The molecule has 0 spiro atoms. The fraction of sp³-hybridized carbons (Fsp3) is 0.143. The molecule has 0 bridgehead atoms. The predicted molar refractivity (Wildman–Crippen MR) is 75.3 cm³/mol. The normalized spacial score (nSPS) is 10.4. The largest absolute Gasteiger partial charge is 0.454 e. The van der Waals surface area contributed by atoms with Gasteiger partial charge in [0.25, 0.3) is 0 Å². The zero-order valence-electron chi connectivity index (χ0n) is 9.71. The van der Waals surface area contributed by atoms with Gasteiger partial charge in [-0.3, -0.25) is 0 Å². The van der Waals surface area contributed by atoms with E-state index in [1.54, 1.807) is 12.1 Å². The number of hydrogen-bond donors (Lipinski definition) is 0. The van der Waals surface area contributed by atoms with Crippen molar-refractivity contribution in [3.05, 3.63) is 58.4 Å². The topological polar surface area (TPSA) is 9.23 Å². The maximum absolute atomic E-state index is 13.7. The summed E-state index contributed by atoms with van der Waals surface area (Å²) in [7, 11) is 0. The van der Waals surface area contributed by atoms with Gasteiger partial charge in [-0.05, 0) is 42.3 Å². The van der Waals surface area contributed by atoms with Gasteiger partial charge in [0.15, 0.2) is 11.6 Å². The summed E-state index contributed by atoms with van der Waals surface area (Å²) in [5.41, 5.74) is 2.26. The van der Waals surface area contributed by atoms with Gasteiger partial charge in [0.2, 0.25) is 0 Å². The van der Waals surface area contributed by atoms with Crippen LogP contribution < -0.4 is 4.74 Å². The fourth-order valence-electron chi connectivity index (χ4n) is 1.57. The lowest BCUT2D eigenvalue weighted by Crippen LogP contribution is -1.91. The minimum Gasteiger partial charge on any atom is -0.454 e. The number of alkyl halides is 1. The third-order valence-electron chi connectivity index (χ3n) is 2.60. The van der Waals surface area contributed by atoms with E-state index in [1.807, 2.05) is 25.1 Å². The van der Waals surface area contributed by atoms with E-state index in [-0.39, 0.29) is 10.8 Å². The van der Waals surface area contributed by atoms with Crippen molar-refractivity contribution in [2.24, 2.45) is 0 Å². The van der Waals surface area contributed by atoms with Crippen molar-refractivity contribution in [1.29, 1.82) is 0 Å². The molecule has 0 aliphatic rings. The number of aryl methyl sites for hydroxylation is 1. The average molecular weight is 330 g/mol. The standard InChI is InChI=1S/C14H11BrClFO/c1-9-7-11(6-5-10(9)8-15)18-13-4-2-3-12(16)14(13)17/h2-7H,8H2,1H3. The molecular formula is C14H11BrClFO. The lowest BCUT2D eigenvalue weighted by atomic mass is 10.1. The SMILES string of the molecule is Cc1cc(Oc2cccc(Cl)c2F)ccc1CBr. The summed E-state index contributed by atoms with van der Waals surface area (Å²) in [4.78, 5) is 0. The minimum atomic E-state index is -0.540. The van der Waals surface area contributed by atoms with Crippen molar-refractivity contribution in [2.45, 2.75) is 12.3 Å². The number of halogens is 3. The molecule has 0 unspecified atom stereocenters. The van der Waals surface area contributed by atoms with E-state index in [4.69, 9.17) is 16.3 Å². The molecule has 94 valence electrons. The van der Waals surface area contributed by atoms with E-state index in [2.05, 4.69) is 15.9 Å². The van der Waals surface area contributed by atoms with E-state index in [9.17, 15) is 4.39 Å². The molecule has 0 radical (unpaired) electrons. The van der Waals surface area contributed by atoms with Gasteiger partial charge in [0.05, 0.1) is 5.02 Å². The van der Waals surface area contributed by atoms with Crippen molar-refractivity contribution in [2.75, 3.05) is 0 Å². The Morgan fingerprint density at radius 3 is 2.72 bits per heavy atom. The van der Waals surface area contributed by atoms with E-state index in [1.165, 1.54) is 11.6 Å². The lowest BCUT2D eigenvalue weighted by molar-refractivity contribution is 0.442. The molecule has 0 N–H and O–H groups in total. The van der Waals surface area contributed by atoms with Crippen LogP contribution in [0.1, 0.15) is 11.1 Å². The van der Waals surface area contributed by atoms with E-state index >= 15 is 0 Å². The van der Waals surface area contributed by atoms with Gasteiger partial charge in [-0.25, -0.2) is 4.39 Å². The Morgan fingerprint density at radius 1 is 1.28 bits per heavy atom. The van der Waals surface area contributed by atoms with Crippen LogP contribution in [0.15, 0.2) is 36.4 Å². The first-order valence-electron chi connectivity index (χ1n) is 5.39. The highest BCUT2D eigenvalue weighted by Crippen LogP contribution is 2.29. The van der Waals surface area contributed by atoms with E-state index in [0.29, 0.717) is 5.75 Å². The molecule has 2 aromatic rings. The average Bonchev–Trinajstić information content (AvgIpc) is 2.35. The zero-order chi connectivity index (χ0) is 13.1. The summed E-state index contributed by atoms with van der Waals surface area (Å²) in [6.45, 7) is 1.98. The Morgan fingerprint density at radius 2 is 2.06 bits per heavy atom. The maximum Gasteiger partial charge on any atom is 0.184 e. The molecule has 0 aliphatic heterocycles. The van der Waals surface area contributed by atoms with Crippen LogP contribution in [0.5, 0.6) is 11.5 Å². The van der Waals surface area contributed by atoms with Gasteiger partial charge in [-0.1, -0.05) is 39.7 Å². The smallest absolute Gasteiger partial charge is 0.184 e. The summed E-state index contributed by atoms with van der Waals surface area (Å²) >= 11 is 9.10. The van der Waals surface area contributed by atoms with Crippen LogP contribution >= 0.6 is 27.5 Å². The summed E-state index contributed by atoms with van der Waals surface area (Å²) in [6, 6.07) is 10.3. The third-order valence-corrected chi connectivity index (χ3v) is 3.50. The molecule has 18 heavy (non-hydrogen) atoms. The van der Waals surface area contributed by atoms with Crippen LogP contribution in [0.4, 0.5) is 4.39 Å². The van der Waals surface area contributed by atoms with Gasteiger partial charge >= 0.3 is 0 Å². The zero-order valence-corrected chi connectivity index (χ0v) is 12.1. The molecule has 4 heteroatoms. The fourth-order valence-corrected chi connectivity index (χ4v) is 2.37. The lowest BCUT2D eigenvalue weighted by Gasteiger charge is -2.09. The number of benzene rings is 2. The Balaban J connectivity index is 2.29. The van der Waals surface area contributed by atoms with Crippen molar-refractivity contribution in [3.8, 4) is 11.5 Å². The van der Waals surface area contributed by atoms with Crippen molar-refractivity contribution < 1.29 is 9.13 Å². The van der Waals surface area contributed by atoms with E-state index in [0.717, 1.165) is 10.9 Å². The van der Waals surface area contributed by atoms with Crippen molar-refractivity contribution in [1.82, 2.24) is 0 Å². The molecule has 0 aliphatic carbocycles. The number of ether oxygens (including phenoxy) is 1. The first kappa shape index (κ1) is 13.4. The predicted octanol–water partition coefficient (Wildman–Crippen LogP) is 5.47. The molecule has 1 nitrogen and oxygen atoms in total. The summed E-state index contributed by atoms with van der Waals surface area (Å²) in [5, 5.41) is 0.839. The molecule has 0 atom stereocenters. The van der Waals surface area contributed by atoms with Crippen LogP contribution in [-0.4, -0.2) is 0 Å². The number of hydrogen-bond acceptors (Lipinski definition) is 1. The minimum absolute atomic E-state index is 0.0568. The van der Waals surface area contributed by atoms with Crippen LogP contribution in [0, 0.1) is 12.7 Å². The number of rotatable bonds is 3. The molecule has 0 heterocycles. The molecule has 0 saturated carbocycles. The second-order valence-electron chi connectivity index (χ2n) is 3.88. The van der Waals surface area contributed by atoms with Gasteiger partial charge in [-0.15, -0.1) is 0 Å². The Kier molecular flexibility index (Phi) is 4.25. The van der Waals surface area contributed by atoms with Crippen LogP contribution in [-0.2, 0) is 5.33 Å². The molecule has 2 aromatic carbocycles. The molecule has 2 rings (SSSR count). The maximum atomic E-state index is 13.7. The third kappa shape index (κ3) is 2.85. The summed E-state index contributed by atoms with van der Waals surface area (Å²) in [5.74, 6) is 0.188. The molecular weight excluding hydrogens is 319 g/mol. The van der Waals surface area contributed by atoms with Gasteiger partial charge in [0.1, 0.15) is 5.75 Å². The molecule has 0 fully saturated rings. The molecule has 0 saturated heterocycles. The summed E-state index contributed by atoms with van der Waals surface area (Å²) in [6.07, 6.45) is 0. The summed E-state index contributed by atoms with van der Waals surface area (Å²) < 4.78 is 19.2.